The number of rotatable bonds is 2. The topological polar surface area (TPSA) is 53.5 Å². The van der Waals surface area contributed by atoms with Crippen molar-refractivity contribution < 1.29 is 8.42 Å². The molecule has 1 saturated heterocycles. The third-order valence-corrected chi connectivity index (χ3v) is 5.47. The zero-order valence-corrected chi connectivity index (χ0v) is 10.0. The van der Waals surface area contributed by atoms with E-state index >= 15 is 0 Å². The van der Waals surface area contributed by atoms with Crippen LogP contribution >= 0.6 is 11.3 Å². The molecule has 0 unspecified atom stereocenters. The molecular formula is C8H12N3O2S2. The number of hydrogen-bond donors (Lipinski definition) is 0. The Morgan fingerprint density at radius 2 is 2.07 bits per heavy atom. The van der Waals surface area contributed by atoms with Gasteiger partial charge < -0.3 is 4.90 Å². The maximum Gasteiger partial charge on any atom is 0.254 e. The van der Waals surface area contributed by atoms with E-state index in [-0.39, 0.29) is 4.21 Å². The number of piperazine rings is 1. The van der Waals surface area contributed by atoms with Gasteiger partial charge in [0.1, 0.15) is 0 Å². The van der Waals surface area contributed by atoms with Crippen molar-refractivity contribution in [2.45, 2.75) is 4.21 Å². The van der Waals surface area contributed by atoms with Gasteiger partial charge in [0.25, 0.3) is 10.0 Å². The number of likely N-dealkylation sites (N-methyl/N-ethyl adjacent to an activating group) is 1. The molecule has 1 aliphatic heterocycles. The van der Waals surface area contributed by atoms with Crippen LogP contribution in [0.2, 0.25) is 0 Å². The van der Waals surface area contributed by atoms with Gasteiger partial charge in [0.15, 0.2) is 9.72 Å². The van der Waals surface area contributed by atoms with Gasteiger partial charge in [0.2, 0.25) is 0 Å². The zero-order chi connectivity index (χ0) is 10.9. The Kier molecular flexibility index (Phi) is 3.06. The van der Waals surface area contributed by atoms with Gasteiger partial charge in [-0.05, 0) is 7.05 Å². The third-order valence-electron chi connectivity index (χ3n) is 2.43. The fourth-order valence-corrected chi connectivity index (χ4v) is 3.69. The van der Waals surface area contributed by atoms with E-state index in [0.717, 1.165) is 24.4 Å². The average molecular weight is 246 g/mol. The number of sulfonamides is 1. The predicted molar refractivity (Wildman–Crippen MR) is 57.2 cm³/mol. The van der Waals surface area contributed by atoms with Crippen LogP contribution in [0.3, 0.4) is 0 Å². The molecule has 0 atom stereocenters. The van der Waals surface area contributed by atoms with Crippen LogP contribution in [0, 0.1) is 5.51 Å². The molecule has 15 heavy (non-hydrogen) atoms. The summed E-state index contributed by atoms with van der Waals surface area (Å²) in [7, 11) is -1.32. The first-order chi connectivity index (χ1) is 7.10. The number of nitrogens with zero attached hydrogens (tertiary/aromatic N) is 3. The first kappa shape index (κ1) is 11.0. The van der Waals surface area contributed by atoms with Gasteiger partial charge in [-0.3, -0.25) is 0 Å². The molecule has 0 aromatic carbocycles. The molecule has 1 aromatic heterocycles. The van der Waals surface area contributed by atoms with Gasteiger partial charge in [-0.25, -0.2) is 13.4 Å². The first-order valence-electron chi connectivity index (χ1n) is 4.61. The Morgan fingerprint density at radius 1 is 1.40 bits per heavy atom. The summed E-state index contributed by atoms with van der Waals surface area (Å²) in [5.74, 6) is 0. The minimum atomic E-state index is -3.31. The van der Waals surface area contributed by atoms with E-state index in [2.05, 4.69) is 15.4 Å². The van der Waals surface area contributed by atoms with Crippen LogP contribution in [-0.4, -0.2) is 55.8 Å². The molecule has 0 spiro atoms. The summed E-state index contributed by atoms with van der Waals surface area (Å²) >= 11 is 1.04. The Morgan fingerprint density at radius 3 is 2.60 bits per heavy atom. The molecule has 1 radical (unpaired) electrons. The Balaban J connectivity index is 2.17. The van der Waals surface area contributed by atoms with Crippen LogP contribution in [0.15, 0.2) is 10.4 Å². The molecule has 0 amide bonds. The second kappa shape index (κ2) is 4.17. The van der Waals surface area contributed by atoms with Crippen LogP contribution in [-0.2, 0) is 10.0 Å². The predicted octanol–water partition coefficient (Wildman–Crippen LogP) is -0.121. The normalized spacial score (nSPS) is 20.6. The standard InChI is InChI=1S/C8H12N3O2S2/c1-10-2-4-11(5-3-10)15(12,13)8-6-9-7-14-8/h6H,2-5H2,1H3. The number of thiazole rings is 1. The Hall–Kier alpha value is -0.500. The van der Waals surface area contributed by atoms with E-state index in [1.54, 1.807) is 0 Å². The van der Waals surface area contributed by atoms with E-state index in [9.17, 15) is 8.42 Å². The van der Waals surface area contributed by atoms with E-state index < -0.39 is 10.0 Å². The highest BCUT2D eigenvalue weighted by atomic mass is 32.2. The van der Waals surface area contributed by atoms with E-state index in [1.807, 2.05) is 7.05 Å². The quantitative estimate of drug-likeness (QED) is 0.730. The van der Waals surface area contributed by atoms with Crippen molar-refractivity contribution in [1.82, 2.24) is 14.2 Å². The summed E-state index contributed by atoms with van der Waals surface area (Å²) < 4.78 is 25.8. The van der Waals surface area contributed by atoms with Crippen molar-refractivity contribution in [3.8, 4) is 0 Å². The lowest BCUT2D eigenvalue weighted by atomic mass is 10.4. The summed E-state index contributed by atoms with van der Waals surface area (Å²) in [5.41, 5.74) is 2.56. The second-order valence-corrected chi connectivity index (χ2v) is 6.47. The van der Waals surface area contributed by atoms with Crippen molar-refractivity contribution in [2.24, 2.45) is 0 Å². The molecule has 1 fully saturated rings. The average Bonchev–Trinajstić information content (AvgIpc) is 2.71. The smallest absolute Gasteiger partial charge is 0.254 e. The van der Waals surface area contributed by atoms with Crippen LogP contribution in [0.5, 0.6) is 0 Å². The van der Waals surface area contributed by atoms with E-state index in [4.69, 9.17) is 0 Å². The van der Waals surface area contributed by atoms with E-state index in [1.165, 1.54) is 10.5 Å². The summed E-state index contributed by atoms with van der Waals surface area (Å²) in [5, 5.41) is 0. The van der Waals surface area contributed by atoms with Crippen LogP contribution in [0.1, 0.15) is 0 Å². The van der Waals surface area contributed by atoms with Gasteiger partial charge in [0, 0.05) is 26.2 Å². The molecule has 5 nitrogen and oxygen atoms in total. The maximum atomic E-state index is 12.0. The van der Waals surface area contributed by atoms with Crippen molar-refractivity contribution in [1.29, 1.82) is 0 Å². The molecule has 0 saturated carbocycles. The summed E-state index contributed by atoms with van der Waals surface area (Å²) in [6.07, 6.45) is 1.36. The first-order valence-corrected chi connectivity index (χ1v) is 6.87. The van der Waals surface area contributed by atoms with Gasteiger partial charge in [-0.15, -0.1) is 0 Å². The molecule has 1 aromatic rings. The monoisotopic (exact) mass is 246 g/mol. The van der Waals surface area contributed by atoms with Crippen LogP contribution in [0.4, 0.5) is 0 Å². The van der Waals surface area contributed by atoms with Gasteiger partial charge in [0.05, 0.1) is 6.20 Å². The van der Waals surface area contributed by atoms with Crippen molar-refractivity contribution >= 4 is 21.4 Å². The molecule has 1 aliphatic rings. The van der Waals surface area contributed by atoms with Gasteiger partial charge in [-0.2, -0.15) is 4.31 Å². The Labute approximate surface area is 93.4 Å². The largest absolute Gasteiger partial charge is 0.304 e. The van der Waals surface area contributed by atoms with Crippen molar-refractivity contribution in [3.63, 3.8) is 0 Å². The fourth-order valence-electron chi connectivity index (χ4n) is 1.45. The lowest BCUT2D eigenvalue weighted by Gasteiger charge is -2.30. The number of hydrogen-bond acceptors (Lipinski definition) is 5. The minimum absolute atomic E-state index is 0.284. The third kappa shape index (κ3) is 2.20. The SMILES string of the molecule is CN1CCN(S(=O)(=O)c2cn[c]s2)CC1. The van der Waals surface area contributed by atoms with Gasteiger partial charge >= 0.3 is 0 Å². The molecule has 2 rings (SSSR count). The zero-order valence-electron chi connectivity index (χ0n) is 8.38. The lowest BCUT2D eigenvalue weighted by Crippen LogP contribution is -2.46. The van der Waals surface area contributed by atoms with E-state index in [0.29, 0.717) is 13.1 Å². The lowest BCUT2D eigenvalue weighted by molar-refractivity contribution is 0.222. The molecule has 83 valence electrons. The summed E-state index contributed by atoms with van der Waals surface area (Å²) in [6, 6.07) is 0. The highest BCUT2D eigenvalue weighted by molar-refractivity contribution is 7.91. The number of aromatic nitrogens is 1. The van der Waals surface area contributed by atoms with Crippen LogP contribution in [0.25, 0.3) is 0 Å². The van der Waals surface area contributed by atoms with Crippen molar-refractivity contribution in [3.05, 3.63) is 11.7 Å². The molecule has 0 aliphatic carbocycles. The van der Waals surface area contributed by atoms with Crippen molar-refractivity contribution in [2.75, 3.05) is 33.2 Å². The fraction of sp³-hybridized carbons (Fsp3) is 0.625. The second-order valence-electron chi connectivity index (χ2n) is 3.48. The molecule has 0 bridgehead atoms. The molecular weight excluding hydrogens is 234 g/mol. The minimum Gasteiger partial charge on any atom is -0.304 e. The molecule has 7 heteroatoms. The highest BCUT2D eigenvalue weighted by Gasteiger charge is 2.28. The molecule has 2 heterocycles. The highest BCUT2D eigenvalue weighted by Crippen LogP contribution is 2.19. The molecule has 0 N–H and O–H groups in total. The van der Waals surface area contributed by atoms with Crippen LogP contribution < -0.4 is 0 Å². The Bertz CT molecular complexity index is 407. The summed E-state index contributed by atoms with van der Waals surface area (Å²) in [4.78, 5) is 5.79. The maximum absolute atomic E-state index is 12.0. The van der Waals surface area contributed by atoms with Gasteiger partial charge in [-0.1, -0.05) is 11.3 Å². The summed E-state index contributed by atoms with van der Waals surface area (Å²) in [6.45, 7) is 2.66.